The van der Waals surface area contributed by atoms with Crippen LogP contribution in [0.1, 0.15) is 19.4 Å². The Hall–Kier alpha value is -2.02. The van der Waals surface area contributed by atoms with Gasteiger partial charge in [0.25, 0.3) is 5.95 Å². The van der Waals surface area contributed by atoms with Gasteiger partial charge in [0.05, 0.1) is 12.6 Å². The quantitative estimate of drug-likeness (QED) is 0.862. The molecule has 1 aromatic heterocycles. The summed E-state index contributed by atoms with van der Waals surface area (Å²) in [6, 6.07) is 5.45. The SMILES string of the molecule is CC(C)Oc1ccc(Cl)cc1CNn1nnnc1N. The first-order chi connectivity index (χ1) is 9.06. The van der Waals surface area contributed by atoms with E-state index in [-0.39, 0.29) is 12.1 Å². The summed E-state index contributed by atoms with van der Waals surface area (Å²) in [5.74, 6) is 0.951. The van der Waals surface area contributed by atoms with Gasteiger partial charge in [-0.2, -0.15) is 0 Å². The number of rotatable bonds is 5. The van der Waals surface area contributed by atoms with Crippen LogP contribution in [0.2, 0.25) is 5.02 Å². The third kappa shape index (κ3) is 3.47. The summed E-state index contributed by atoms with van der Waals surface area (Å²) >= 11 is 5.99. The van der Waals surface area contributed by atoms with Gasteiger partial charge in [-0.05, 0) is 42.5 Å². The van der Waals surface area contributed by atoms with E-state index in [0.29, 0.717) is 11.6 Å². The van der Waals surface area contributed by atoms with Gasteiger partial charge in [0.1, 0.15) is 5.75 Å². The zero-order valence-electron chi connectivity index (χ0n) is 10.7. The molecule has 8 heteroatoms. The number of nitrogens with one attached hydrogen (secondary N) is 1. The van der Waals surface area contributed by atoms with Gasteiger partial charge in [0.15, 0.2) is 0 Å². The highest BCUT2D eigenvalue weighted by atomic mass is 35.5. The minimum absolute atomic E-state index is 0.0815. The molecule has 2 rings (SSSR count). The lowest BCUT2D eigenvalue weighted by atomic mass is 10.2. The first-order valence-corrected chi connectivity index (χ1v) is 6.17. The molecule has 102 valence electrons. The van der Waals surface area contributed by atoms with Crippen LogP contribution in [0.4, 0.5) is 5.95 Å². The lowest BCUT2D eigenvalue weighted by Crippen LogP contribution is -2.19. The Morgan fingerprint density at radius 2 is 2.26 bits per heavy atom. The van der Waals surface area contributed by atoms with E-state index in [4.69, 9.17) is 22.1 Å². The van der Waals surface area contributed by atoms with Crippen LogP contribution in [0.15, 0.2) is 18.2 Å². The maximum absolute atomic E-state index is 5.99. The summed E-state index contributed by atoms with van der Waals surface area (Å²) in [7, 11) is 0. The Balaban J connectivity index is 2.14. The van der Waals surface area contributed by atoms with Gasteiger partial charge < -0.3 is 15.9 Å². The van der Waals surface area contributed by atoms with Crippen molar-refractivity contribution in [2.75, 3.05) is 11.2 Å². The molecule has 3 N–H and O–H groups in total. The summed E-state index contributed by atoms with van der Waals surface area (Å²) < 4.78 is 5.71. The average Bonchev–Trinajstić information content (AvgIpc) is 2.75. The normalized spacial score (nSPS) is 10.7. The van der Waals surface area contributed by atoms with Gasteiger partial charge in [0.2, 0.25) is 0 Å². The van der Waals surface area contributed by atoms with Crippen LogP contribution >= 0.6 is 11.6 Å². The average molecular weight is 283 g/mol. The summed E-state index contributed by atoms with van der Waals surface area (Å²) in [6.45, 7) is 4.37. The second-order valence-electron chi connectivity index (χ2n) is 4.20. The fourth-order valence-corrected chi connectivity index (χ4v) is 1.72. The van der Waals surface area contributed by atoms with Crippen molar-refractivity contribution >= 4 is 17.5 Å². The first kappa shape index (κ1) is 13.4. The van der Waals surface area contributed by atoms with Crippen LogP contribution in [0.5, 0.6) is 5.75 Å². The molecule has 1 aromatic carbocycles. The van der Waals surface area contributed by atoms with E-state index in [1.165, 1.54) is 4.79 Å². The van der Waals surface area contributed by atoms with E-state index in [0.717, 1.165) is 11.3 Å². The van der Waals surface area contributed by atoms with E-state index in [2.05, 4.69) is 21.0 Å². The highest BCUT2D eigenvalue weighted by Gasteiger charge is 2.08. The van der Waals surface area contributed by atoms with Gasteiger partial charge in [-0.3, -0.25) is 0 Å². The number of ether oxygens (including phenoxy) is 1. The van der Waals surface area contributed by atoms with Crippen molar-refractivity contribution in [2.24, 2.45) is 0 Å². The zero-order valence-corrected chi connectivity index (χ0v) is 11.4. The lowest BCUT2D eigenvalue weighted by molar-refractivity contribution is 0.240. The van der Waals surface area contributed by atoms with E-state index >= 15 is 0 Å². The van der Waals surface area contributed by atoms with Crippen molar-refractivity contribution in [2.45, 2.75) is 26.5 Å². The van der Waals surface area contributed by atoms with Gasteiger partial charge in [-0.1, -0.05) is 16.7 Å². The minimum Gasteiger partial charge on any atom is -0.491 e. The molecule has 0 radical (unpaired) electrons. The molecular weight excluding hydrogens is 268 g/mol. The van der Waals surface area contributed by atoms with Gasteiger partial charge >= 0.3 is 0 Å². The van der Waals surface area contributed by atoms with Crippen LogP contribution in [0.25, 0.3) is 0 Å². The lowest BCUT2D eigenvalue weighted by Gasteiger charge is -2.15. The van der Waals surface area contributed by atoms with Gasteiger partial charge in [-0.15, -0.1) is 4.79 Å². The number of hydrogen-bond acceptors (Lipinski definition) is 6. The predicted molar refractivity (Wildman–Crippen MR) is 72.5 cm³/mol. The van der Waals surface area contributed by atoms with Crippen molar-refractivity contribution in [1.82, 2.24) is 20.3 Å². The predicted octanol–water partition coefficient (Wildman–Crippen LogP) is 1.44. The second kappa shape index (κ2) is 5.75. The number of halogens is 1. The van der Waals surface area contributed by atoms with E-state index < -0.39 is 0 Å². The molecule has 0 aliphatic heterocycles. The summed E-state index contributed by atoms with van der Waals surface area (Å²) in [6.07, 6.45) is 0.0815. The molecule has 0 saturated carbocycles. The summed E-state index contributed by atoms with van der Waals surface area (Å²) in [5.41, 5.74) is 9.43. The molecule has 0 unspecified atom stereocenters. The molecule has 19 heavy (non-hydrogen) atoms. The largest absolute Gasteiger partial charge is 0.491 e. The molecule has 0 aliphatic rings. The number of benzene rings is 1. The molecule has 0 fully saturated rings. The standard InChI is InChI=1S/C11H15ClN6O/c1-7(2)19-10-4-3-9(12)5-8(10)6-14-18-11(13)15-16-17-18/h3-5,7,14H,6H2,1-2H3,(H2,13,15,17). The van der Waals surface area contributed by atoms with Gasteiger partial charge in [0, 0.05) is 10.6 Å². The number of hydrogen-bond donors (Lipinski definition) is 2. The molecule has 0 amide bonds. The van der Waals surface area contributed by atoms with Crippen LogP contribution in [-0.4, -0.2) is 26.4 Å². The molecule has 1 heterocycles. The van der Waals surface area contributed by atoms with E-state index in [9.17, 15) is 0 Å². The van der Waals surface area contributed by atoms with Crippen LogP contribution in [0, 0.1) is 0 Å². The second-order valence-corrected chi connectivity index (χ2v) is 4.64. The zero-order chi connectivity index (χ0) is 13.8. The number of anilines is 1. The van der Waals surface area contributed by atoms with Crippen molar-refractivity contribution in [1.29, 1.82) is 0 Å². The Morgan fingerprint density at radius 1 is 1.47 bits per heavy atom. The van der Waals surface area contributed by atoms with Crippen LogP contribution in [-0.2, 0) is 6.54 Å². The highest BCUT2D eigenvalue weighted by Crippen LogP contribution is 2.24. The highest BCUT2D eigenvalue weighted by molar-refractivity contribution is 6.30. The Bertz CT molecular complexity index is 556. The molecule has 0 bridgehead atoms. The molecular formula is C11H15ClN6O. The number of nitrogen functional groups attached to an aromatic ring is 1. The van der Waals surface area contributed by atoms with E-state index in [1.807, 2.05) is 26.0 Å². The molecule has 2 aromatic rings. The molecule has 0 saturated heterocycles. The molecule has 7 nitrogen and oxygen atoms in total. The van der Waals surface area contributed by atoms with Crippen molar-refractivity contribution in [3.63, 3.8) is 0 Å². The smallest absolute Gasteiger partial charge is 0.260 e. The molecule has 0 spiro atoms. The number of tetrazole rings is 1. The van der Waals surface area contributed by atoms with Gasteiger partial charge in [-0.25, -0.2) is 0 Å². The van der Waals surface area contributed by atoms with Crippen molar-refractivity contribution < 1.29 is 4.74 Å². The Morgan fingerprint density at radius 3 is 2.89 bits per heavy atom. The molecule has 0 atom stereocenters. The Labute approximate surface area is 115 Å². The Kier molecular flexibility index (Phi) is 4.06. The van der Waals surface area contributed by atoms with E-state index in [1.54, 1.807) is 6.07 Å². The third-order valence-electron chi connectivity index (χ3n) is 2.30. The summed E-state index contributed by atoms with van der Waals surface area (Å²) in [4.78, 5) is 1.29. The van der Waals surface area contributed by atoms with Crippen molar-refractivity contribution in [3.05, 3.63) is 28.8 Å². The van der Waals surface area contributed by atoms with Crippen LogP contribution < -0.4 is 15.9 Å². The minimum atomic E-state index is 0.0815. The fourth-order valence-electron chi connectivity index (χ4n) is 1.52. The summed E-state index contributed by atoms with van der Waals surface area (Å²) in [5, 5.41) is 11.3. The maximum Gasteiger partial charge on any atom is 0.260 e. The number of nitrogens with zero attached hydrogens (tertiary/aromatic N) is 4. The fraction of sp³-hybridized carbons (Fsp3) is 0.364. The number of aromatic nitrogens is 4. The topological polar surface area (TPSA) is 90.9 Å². The molecule has 0 aliphatic carbocycles. The number of nitrogens with two attached hydrogens (primary N) is 1. The first-order valence-electron chi connectivity index (χ1n) is 5.79. The monoisotopic (exact) mass is 282 g/mol. The van der Waals surface area contributed by atoms with Crippen molar-refractivity contribution in [3.8, 4) is 5.75 Å². The van der Waals surface area contributed by atoms with Crippen LogP contribution in [0.3, 0.4) is 0 Å². The third-order valence-corrected chi connectivity index (χ3v) is 2.53. The maximum atomic E-state index is 5.99.